The Morgan fingerprint density at radius 1 is 1.47 bits per heavy atom. The third-order valence-electron chi connectivity index (χ3n) is 2.03. The van der Waals surface area contributed by atoms with Crippen molar-refractivity contribution in [3.63, 3.8) is 0 Å². The van der Waals surface area contributed by atoms with Gasteiger partial charge in [0.25, 0.3) is 0 Å². The second kappa shape index (κ2) is 9.27. The number of isocyanates is 1. The van der Waals surface area contributed by atoms with Gasteiger partial charge in [0.15, 0.2) is 0 Å². The van der Waals surface area contributed by atoms with Gasteiger partial charge in [-0.15, -0.1) is 0 Å². The van der Waals surface area contributed by atoms with E-state index in [-0.39, 0.29) is 0 Å². The molecule has 1 aromatic carbocycles. The Morgan fingerprint density at radius 3 is 2.41 bits per heavy atom. The molecule has 0 bridgehead atoms. The fourth-order valence-corrected chi connectivity index (χ4v) is 1.34. The smallest absolute Gasteiger partial charge is 0.321 e. The molecular weight excluding hydrogens is 220 g/mol. The number of carbonyl (C=O) groups excluding carboxylic acids is 1. The van der Waals surface area contributed by atoms with Gasteiger partial charge in [-0.2, -0.15) is 0 Å². The topological polar surface area (TPSA) is 90.2 Å². The lowest BCUT2D eigenvalue weighted by molar-refractivity contribution is -0.139. The van der Waals surface area contributed by atoms with Gasteiger partial charge in [0.05, 0.1) is 0 Å². The molecular formula is C12H16N2O3. The number of hydrogen-bond donors (Lipinski definition) is 3. The normalized spacial score (nSPS) is 10.6. The SMILES string of the molecule is CCN[C@@H](Cc1ccccc1)C(=O)O.N=C=O. The third kappa shape index (κ3) is 7.00. The Morgan fingerprint density at radius 2 is 2.00 bits per heavy atom. The first-order chi connectivity index (χ1) is 8.15. The molecule has 0 unspecified atom stereocenters. The summed E-state index contributed by atoms with van der Waals surface area (Å²) in [5.74, 6) is -0.796. The predicted octanol–water partition coefficient (Wildman–Crippen LogP) is 1.19. The molecule has 5 heteroatoms. The van der Waals surface area contributed by atoms with Gasteiger partial charge in [0, 0.05) is 0 Å². The first-order valence-electron chi connectivity index (χ1n) is 5.19. The van der Waals surface area contributed by atoms with Crippen LogP contribution >= 0.6 is 0 Å². The van der Waals surface area contributed by atoms with Crippen molar-refractivity contribution in [1.82, 2.24) is 5.32 Å². The first kappa shape index (κ1) is 15.0. The molecule has 0 amide bonds. The Hall–Kier alpha value is -1.97. The second-order valence-electron chi connectivity index (χ2n) is 3.24. The Bertz CT molecular complexity index is 359. The summed E-state index contributed by atoms with van der Waals surface area (Å²) in [6.45, 7) is 2.57. The number of aliphatic carboxylic acids is 1. The summed E-state index contributed by atoms with van der Waals surface area (Å²) < 4.78 is 0. The number of rotatable bonds is 5. The van der Waals surface area contributed by atoms with Crippen molar-refractivity contribution in [3.8, 4) is 0 Å². The van der Waals surface area contributed by atoms with Gasteiger partial charge in [-0.05, 0) is 18.5 Å². The highest BCUT2D eigenvalue weighted by Gasteiger charge is 2.15. The lowest BCUT2D eigenvalue weighted by Crippen LogP contribution is -2.38. The number of benzene rings is 1. The fraction of sp³-hybridized carbons (Fsp3) is 0.333. The van der Waals surface area contributed by atoms with Crippen LogP contribution in [0.2, 0.25) is 0 Å². The number of hydrogen-bond acceptors (Lipinski definition) is 4. The molecule has 1 aromatic rings. The summed E-state index contributed by atoms with van der Waals surface area (Å²) in [5.41, 5.74) is 1.04. The Kier molecular flexibility index (Phi) is 8.20. The zero-order valence-electron chi connectivity index (χ0n) is 9.64. The maximum absolute atomic E-state index is 10.8. The highest BCUT2D eigenvalue weighted by atomic mass is 16.4. The van der Waals surface area contributed by atoms with Crippen LogP contribution in [-0.4, -0.2) is 29.7 Å². The van der Waals surface area contributed by atoms with Crippen molar-refractivity contribution >= 4 is 12.0 Å². The van der Waals surface area contributed by atoms with Crippen LogP contribution in [0.3, 0.4) is 0 Å². The molecule has 0 spiro atoms. The minimum atomic E-state index is -0.796. The van der Waals surface area contributed by atoms with Crippen molar-refractivity contribution < 1.29 is 14.7 Å². The monoisotopic (exact) mass is 236 g/mol. The molecule has 0 aromatic heterocycles. The average Bonchev–Trinajstić information content (AvgIpc) is 2.31. The third-order valence-corrected chi connectivity index (χ3v) is 2.03. The molecule has 1 rings (SSSR count). The van der Waals surface area contributed by atoms with E-state index in [0.717, 1.165) is 11.6 Å². The average molecular weight is 236 g/mol. The molecule has 0 saturated heterocycles. The van der Waals surface area contributed by atoms with E-state index >= 15 is 0 Å². The van der Waals surface area contributed by atoms with Crippen molar-refractivity contribution in [2.45, 2.75) is 19.4 Å². The molecule has 0 saturated carbocycles. The molecule has 17 heavy (non-hydrogen) atoms. The maximum atomic E-state index is 10.8. The largest absolute Gasteiger partial charge is 0.480 e. The molecule has 92 valence electrons. The summed E-state index contributed by atoms with van der Waals surface area (Å²) in [5, 5.41) is 17.2. The van der Waals surface area contributed by atoms with Crippen molar-refractivity contribution in [1.29, 1.82) is 5.41 Å². The zero-order chi connectivity index (χ0) is 13.1. The summed E-state index contributed by atoms with van der Waals surface area (Å²) in [6.07, 6.45) is 1.28. The maximum Gasteiger partial charge on any atom is 0.321 e. The Balaban J connectivity index is 0.000000770. The number of carboxylic acids is 1. The number of nitrogens with one attached hydrogen (secondary N) is 2. The van der Waals surface area contributed by atoms with E-state index < -0.39 is 12.0 Å². The summed E-state index contributed by atoms with van der Waals surface area (Å²) in [6, 6.07) is 9.15. The molecule has 0 fully saturated rings. The lowest BCUT2D eigenvalue weighted by Gasteiger charge is -2.12. The van der Waals surface area contributed by atoms with E-state index in [2.05, 4.69) is 5.32 Å². The summed E-state index contributed by atoms with van der Waals surface area (Å²) in [7, 11) is 0. The van der Waals surface area contributed by atoms with Crippen LogP contribution in [-0.2, 0) is 16.0 Å². The van der Waals surface area contributed by atoms with Gasteiger partial charge in [0.2, 0.25) is 6.08 Å². The van der Waals surface area contributed by atoms with Crippen LogP contribution < -0.4 is 5.32 Å². The van der Waals surface area contributed by atoms with Gasteiger partial charge in [0.1, 0.15) is 6.04 Å². The van der Waals surface area contributed by atoms with Crippen LogP contribution in [0.4, 0.5) is 0 Å². The van der Waals surface area contributed by atoms with E-state index in [0.29, 0.717) is 13.0 Å². The minimum Gasteiger partial charge on any atom is -0.480 e. The van der Waals surface area contributed by atoms with Gasteiger partial charge >= 0.3 is 5.97 Å². The van der Waals surface area contributed by atoms with Crippen LogP contribution in [0.1, 0.15) is 12.5 Å². The van der Waals surface area contributed by atoms with Gasteiger partial charge < -0.3 is 10.4 Å². The van der Waals surface area contributed by atoms with Crippen molar-refractivity contribution in [3.05, 3.63) is 35.9 Å². The van der Waals surface area contributed by atoms with E-state index in [1.165, 1.54) is 0 Å². The highest BCUT2D eigenvalue weighted by Crippen LogP contribution is 2.03. The first-order valence-corrected chi connectivity index (χ1v) is 5.19. The molecule has 0 aliphatic rings. The van der Waals surface area contributed by atoms with Crippen molar-refractivity contribution in [2.24, 2.45) is 0 Å². The quantitative estimate of drug-likeness (QED) is 0.529. The number of carbonyl (C=O) groups is 1. The summed E-state index contributed by atoms with van der Waals surface area (Å²) >= 11 is 0. The molecule has 3 N–H and O–H groups in total. The highest BCUT2D eigenvalue weighted by molar-refractivity contribution is 5.73. The van der Waals surface area contributed by atoms with Crippen molar-refractivity contribution in [2.75, 3.05) is 6.54 Å². The number of carboxylic acid groups (broad SMARTS) is 1. The fourth-order valence-electron chi connectivity index (χ4n) is 1.34. The van der Waals surface area contributed by atoms with E-state index in [1.54, 1.807) is 0 Å². The van der Waals surface area contributed by atoms with Gasteiger partial charge in [-0.25, -0.2) is 10.2 Å². The Labute approximate surface area is 100.0 Å². The molecule has 0 aliphatic heterocycles. The van der Waals surface area contributed by atoms with E-state index in [1.807, 2.05) is 37.3 Å². The minimum absolute atomic E-state index is 0.484. The lowest BCUT2D eigenvalue weighted by atomic mass is 10.1. The van der Waals surface area contributed by atoms with E-state index in [9.17, 15) is 4.79 Å². The van der Waals surface area contributed by atoms with Gasteiger partial charge in [-0.3, -0.25) is 4.79 Å². The van der Waals surface area contributed by atoms with E-state index in [4.69, 9.17) is 15.3 Å². The van der Waals surface area contributed by atoms with Crippen LogP contribution in [0, 0.1) is 5.41 Å². The standard InChI is InChI=1S/C11H15NO2.CHNO/c1-2-12-10(11(13)14)8-9-6-4-3-5-7-9;2-1-3/h3-7,10,12H,2,8H2,1H3,(H,13,14);2H/t10-;/m0./s1. The molecule has 1 atom stereocenters. The number of likely N-dealkylation sites (N-methyl/N-ethyl adjacent to an activating group) is 1. The predicted molar refractivity (Wildman–Crippen MR) is 63.7 cm³/mol. The van der Waals surface area contributed by atoms with Gasteiger partial charge in [-0.1, -0.05) is 37.3 Å². The van der Waals surface area contributed by atoms with Crippen LogP contribution in [0.25, 0.3) is 0 Å². The van der Waals surface area contributed by atoms with Crippen LogP contribution in [0.15, 0.2) is 30.3 Å². The molecule has 0 radical (unpaired) electrons. The summed E-state index contributed by atoms with van der Waals surface area (Å²) in [4.78, 5) is 19.2. The zero-order valence-corrected chi connectivity index (χ0v) is 9.64. The molecule has 0 heterocycles. The second-order valence-corrected chi connectivity index (χ2v) is 3.24. The molecule has 5 nitrogen and oxygen atoms in total. The van der Waals surface area contributed by atoms with Crippen LogP contribution in [0.5, 0.6) is 0 Å². The molecule has 0 aliphatic carbocycles.